The zero-order chi connectivity index (χ0) is 15.9. The fourth-order valence-corrected chi connectivity index (χ4v) is 4.12. The van der Waals surface area contributed by atoms with E-state index in [1.54, 1.807) is 23.9 Å². The van der Waals surface area contributed by atoms with Crippen LogP contribution in [0, 0.1) is 5.92 Å². The van der Waals surface area contributed by atoms with E-state index < -0.39 is 0 Å². The second kappa shape index (κ2) is 8.15. The Morgan fingerprint density at radius 3 is 3.00 bits per heavy atom. The van der Waals surface area contributed by atoms with Gasteiger partial charge >= 0.3 is 6.03 Å². The number of carbonyl (C=O) groups is 1. The molecule has 0 spiro atoms. The van der Waals surface area contributed by atoms with E-state index in [9.17, 15) is 4.79 Å². The minimum absolute atomic E-state index is 0.0547. The molecule has 0 unspecified atom stereocenters. The number of aromatic nitrogens is 2. The highest BCUT2D eigenvalue weighted by Crippen LogP contribution is 2.37. The van der Waals surface area contributed by atoms with E-state index in [-0.39, 0.29) is 12.1 Å². The zero-order valence-corrected chi connectivity index (χ0v) is 14.1. The third kappa shape index (κ3) is 4.58. The van der Waals surface area contributed by atoms with E-state index in [0.29, 0.717) is 12.5 Å². The number of amides is 2. The number of hydrogen-bond donors (Lipinski definition) is 2. The molecule has 1 aliphatic carbocycles. The van der Waals surface area contributed by atoms with Crippen molar-refractivity contribution in [2.24, 2.45) is 5.92 Å². The van der Waals surface area contributed by atoms with Crippen LogP contribution in [0.25, 0.3) is 0 Å². The number of imidazole rings is 1. The number of nitrogens with one attached hydrogen (secondary N) is 2. The summed E-state index contributed by atoms with van der Waals surface area (Å²) >= 11 is 1.73. The summed E-state index contributed by atoms with van der Waals surface area (Å²) in [6, 6.07) is 4.30. The van der Waals surface area contributed by atoms with Crippen LogP contribution < -0.4 is 10.6 Å². The Labute approximate surface area is 141 Å². The number of urea groups is 1. The maximum Gasteiger partial charge on any atom is 0.315 e. The number of thiophene rings is 1. The van der Waals surface area contributed by atoms with Crippen molar-refractivity contribution < 1.29 is 4.79 Å². The van der Waals surface area contributed by atoms with Gasteiger partial charge in [-0.3, -0.25) is 0 Å². The smallest absolute Gasteiger partial charge is 0.315 e. The summed E-state index contributed by atoms with van der Waals surface area (Å²) in [5.74, 6) is 0.574. The summed E-state index contributed by atoms with van der Waals surface area (Å²) in [5, 5.41) is 8.26. The van der Waals surface area contributed by atoms with Gasteiger partial charge in [-0.15, -0.1) is 11.3 Å². The lowest BCUT2D eigenvalue weighted by molar-refractivity contribution is 0.231. The highest BCUT2D eigenvalue weighted by Gasteiger charge is 2.28. The molecule has 2 N–H and O–H groups in total. The van der Waals surface area contributed by atoms with E-state index in [1.807, 2.05) is 10.8 Å². The first-order valence-corrected chi connectivity index (χ1v) is 9.24. The van der Waals surface area contributed by atoms with Crippen LogP contribution in [-0.2, 0) is 6.54 Å². The summed E-state index contributed by atoms with van der Waals surface area (Å²) in [7, 11) is 0. The molecule has 1 saturated carbocycles. The first-order valence-electron chi connectivity index (χ1n) is 8.36. The predicted molar refractivity (Wildman–Crippen MR) is 92.4 cm³/mol. The Balaban J connectivity index is 1.46. The molecule has 0 aromatic carbocycles. The van der Waals surface area contributed by atoms with Gasteiger partial charge in [0.1, 0.15) is 0 Å². The summed E-state index contributed by atoms with van der Waals surface area (Å²) in [6.45, 7) is 1.54. The number of aryl methyl sites for hydroxylation is 1. The van der Waals surface area contributed by atoms with Crippen LogP contribution in [0.1, 0.15) is 43.0 Å². The Hall–Kier alpha value is -1.82. The summed E-state index contributed by atoms with van der Waals surface area (Å²) in [4.78, 5) is 17.5. The molecule has 3 rings (SSSR count). The van der Waals surface area contributed by atoms with Gasteiger partial charge in [-0.1, -0.05) is 18.9 Å². The Morgan fingerprint density at radius 1 is 1.43 bits per heavy atom. The number of hydrogen-bond acceptors (Lipinski definition) is 3. The predicted octanol–water partition coefficient (Wildman–Crippen LogP) is 3.57. The van der Waals surface area contributed by atoms with E-state index in [1.165, 1.54) is 30.6 Å². The molecule has 23 heavy (non-hydrogen) atoms. The molecule has 6 heteroatoms. The van der Waals surface area contributed by atoms with Gasteiger partial charge in [-0.05, 0) is 36.6 Å². The molecule has 1 fully saturated rings. The maximum absolute atomic E-state index is 12.2. The molecule has 124 valence electrons. The molecule has 0 aliphatic heterocycles. The molecule has 2 aromatic heterocycles. The lowest BCUT2D eigenvalue weighted by atomic mass is 9.97. The van der Waals surface area contributed by atoms with E-state index in [2.05, 4.69) is 33.1 Å². The Kier molecular flexibility index (Phi) is 5.69. The van der Waals surface area contributed by atoms with Crippen molar-refractivity contribution in [1.82, 2.24) is 20.2 Å². The average molecular weight is 332 g/mol. The molecule has 2 amide bonds. The first-order chi connectivity index (χ1) is 11.3. The second-order valence-electron chi connectivity index (χ2n) is 6.09. The van der Waals surface area contributed by atoms with Crippen molar-refractivity contribution in [2.75, 3.05) is 6.54 Å². The van der Waals surface area contributed by atoms with Crippen LogP contribution in [0.2, 0.25) is 0 Å². The number of rotatable bonds is 7. The monoisotopic (exact) mass is 332 g/mol. The van der Waals surface area contributed by atoms with E-state index in [4.69, 9.17) is 0 Å². The molecule has 0 bridgehead atoms. The van der Waals surface area contributed by atoms with Gasteiger partial charge in [0.2, 0.25) is 0 Å². The van der Waals surface area contributed by atoms with Gasteiger partial charge in [0.05, 0.1) is 12.4 Å². The minimum atomic E-state index is -0.0547. The molecular formula is C17H24N4OS. The van der Waals surface area contributed by atoms with Crippen LogP contribution in [0.5, 0.6) is 0 Å². The number of carbonyl (C=O) groups excluding carboxylic acids is 1. The summed E-state index contributed by atoms with van der Waals surface area (Å²) in [6.07, 6.45) is 11.4. The first kappa shape index (κ1) is 16.1. The fourth-order valence-electron chi connectivity index (χ4n) is 3.26. The lowest BCUT2D eigenvalue weighted by Crippen LogP contribution is -2.40. The molecule has 0 radical (unpaired) electrons. The zero-order valence-electron chi connectivity index (χ0n) is 13.3. The van der Waals surface area contributed by atoms with Crippen molar-refractivity contribution in [1.29, 1.82) is 0 Å². The third-order valence-electron chi connectivity index (χ3n) is 4.45. The van der Waals surface area contributed by atoms with Gasteiger partial charge in [0.15, 0.2) is 0 Å². The molecule has 2 aromatic rings. The molecule has 1 atom stereocenters. The van der Waals surface area contributed by atoms with E-state index in [0.717, 1.165) is 13.0 Å². The average Bonchev–Trinajstić information content (AvgIpc) is 3.33. The highest BCUT2D eigenvalue weighted by molar-refractivity contribution is 7.10. The van der Waals surface area contributed by atoms with Crippen LogP contribution in [0.15, 0.2) is 36.2 Å². The van der Waals surface area contributed by atoms with Crippen molar-refractivity contribution >= 4 is 17.4 Å². The van der Waals surface area contributed by atoms with E-state index >= 15 is 0 Å². The standard InChI is InChI=1S/C17H24N4OS/c22-17(19-8-4-10-21-11-9-18-13-21)20-16(14-5-1-2-6-14)15-7-3-12-23-15/h3,7,9,11-14,16H,1-2,4-6,8,10H2,(H2,19,20,22)/t16-/m0/s1. The Morgan fingerprint density at radius 2 is 2.30 bits per heavy atom. The molecule has 2 heterocycles. The topological polar surface area (TPSA) is 59.0 Å². The minimum Gasteiger partial charge on any atom is -0.338 e. The van der Waals surface area contributed by atoms with Crippen molar-refractivity contribution in [3.8, 4) is 0 Å². The van der Waals surface area contributed by atoms with Crippen LogP contribution >= 0.6 is 11.3 Å². The van der Waals surface area contributed by atoms with Gasteiger partial charge in [0.25, 0.3) is 0 Å². The molecular weight excluding hydrogens is 308 g/mol. The fraction of sp³-hybridized carbons (Fsp3) is 0.529. The quantitative estimate of drug-likeness (QED) is 0.762. The highest BCUT2D eigenvalue weighted by atomic mass is 32.1. The maximum atomic E-state index is 12.2. The van der Waals surface area contributed by atoms with Crippen molar-refractivity contribution in [3.05, 3.63) is 41.1 Å². The third-order valence-corrected chi connectivity index (χ3v) is 5.40. The lowest BCUT2D eigenvalue weighted by Gasteiger charge is -2.24. The van der Waals surface area contributed by atoms with Gasteiger partial charge in [-0.2, -0.15) is 0 Å². The van der Waals surface area contributed by atoms with Gasteiger partial charge < -0.3 is 15.2 Å². The van der Waals surface area contributed by atoms with Gasteiger partial charge in [-0.25, -0.2) is 9.78 Å². The second-order valence-corrected chi connectivity index (χ2v) is 7.07. The van der Waals surface area contributed by atoms with Crippen molar-refractivity contribution in [2.45, 2.75) is 44.7 Å². The van der Waals surface area contributed by atoms with Crippen LogP contribution in [-0.4, -0.2) is 22.1 Å². The largest absolute Gasteiger partial charge is 0.338 e. The number of nitrogens with zero attached hydrogens (tertiary/aromatic N) is 2. The van der Waals surface area contributed by atoms with Crippen LogP contribution in [0.3, 0.4) is 0 Å². The summed E-state index contributed by atoms with van der Waals surface area (Å²) < 4.78 is 2.02. The Bertz CT molecular complexity index is 576. The normalized spacial score (nSPS) is 16.3. The SMILES string of the molecule is O=C(NCCCn1ccnc1)N[C@H](c1cccs1)C1CCCC1. The molecule has 0 saturated heterocycles. The molecule has 5 nitrogen and oxygen atoms in total. The molecule has 1 aliphatic rings. The van der Waals surface area contributed by atoms with Gasteiger partial charge in [0, 0.05) is 30.4 Å². The summed E-state index contributed by atoms with van der Waals surface area (Å²) in [5.41, 5.74) is 0. The van der Waals surface area contributed by atoms with Crippen LogP contribution in [0.4, 0.5) is 4.79 Å². The van der Waals surface area contributed by atoms with Crippen molar-refractivity contribution in [3.63, 3.8) is 0 Å².